The van der Waals surface area contributed by atoms with Gasteiger partial charge >= 0.3 is 0 Å². The number of nitrogens with one attached hydrogen (secondary N) is 2. The molecule has 28 heavy (non-hydrogen) atoms. The second kappa shape index (κ2) is 8.02. The zero-order valence-electron chi connectivity index (χ0n) is 15.7. The Morgan fingerprint density at radius 1 is 1.21 bits per heavy atom. The number of carbonyl (C=O) groups is 2. The number of hydrogen-bond acceptors (Lipinski definition) is 4. The second-order valence-corrected chi connectivity index (χ2v) is 8.21. The number of ether oxygens (including phenoxy) is 1. The van der Waals surface area contributed by atoms with Gasteiger partial charge in [0.2, 0.25) is 5.91 Å². The monoisotopic (exact) mass is 394 g/mol. The lowest BCUT2D eigenvalue weighted by molar-refractivity contribution is -0.119. The molecule has 0 spiro atoms. The summed E-state index contributed by atoms with van der Waals surface area (Å²) in [6, 6.07) is 15.8. The SMILES string of the molecule is Cc1sc2cccc(OCc3ccccc3)c2c1C(=O)NCC1CCC(=O)N1. The first-order valence-corrected chi connectivity index (χ1v) is 10.2. The molecule has 1 aliphatic heterocycles. The van der Waals surface area contributed by atoms with Gasteiger partial charge in [-0.15, -0.1) is 11.3 Å². The van der Waals surface area contributed by atoms with Crippen molar-refractivity contribution < 1.29 is 14.3 Å². The van der Waals surface area contributed by atoms with Crippen LogP contribution in [-0.2, 0) is 11.4 Å². The lowest BCUT2D eigenvalue weighted by atomic mass is 10.1. The summed E-state index contributed by atoms with van der Waals surface area (Å²) in [5.41, 5.74) is 1.74. The molecule has 144 valence electrons. The molecule has 1 unspecified atom stereocenters. The topological polar surface area (TPSA) is 67.4 Å². The molecule has 1 aromatic heterocycles. The Morgan fingerprint density at radius 3 is 2.79 bits per heavy atom. The molecule has 1 fully saturated rings. The summed E-state index contributed by atoms with van der Waals surface area (Å²) >= 11 is 1.59. The molecule has 0 saturated carbocycles. The first kappa shape index (κ1) is 18.5. The van der Waals surface area contributed by atoms with Crippen molar-refractivity contribution >= 4 is 33.2 Å². The van der Waals surface area contributed by atoms with Crippen LogP contribution < -0.4 is 15.4 Å². The lowest BCUT2D eigenvalue weighted by Crippen LogP contribution is -2.38. The van der Waals surface area contributed by atoms with E-state index < -0.39 is 0 Å². The van der Waals surface area contributed by atoms with E-state index in [0.717, 1.165) is 26.9 Å². The summed E-state index contributed by atoms with van der Waals surface area (Å²) in [7, 11) is 0. The molecule has 6 heteroatoms. The van der Waals surface area contributed by atoms with Crippen molar-refractivity contribution in [3.63, 3.8) is 0 Å². The third-order valence-electron chi connectivity index (χ3n) is 4.91. The van der Waals surface area contributed by atoms with Crippen LogP contribution >= 0.6 is 11.3 Å². The van der Waals surface area contributed by atoms with Crippen molar-refractivity contribution in [3.05, 3.63) is 64.5 Å². The van der Waals surface area contributed by atoms with Gasteiger partial charge in [-0.25, -0.2) is 0 Å². The van der Waals surface area contributed by atoms with Crippen molar-refractivity contribution in [2.45, 2.75) is 32.4 Å². The van der Waals surface area contributed by atoms with E-state index in [1.54, 1.807) is 11.3 Å². The van der Waals surface area contributed by atoms with Gasteiger partial charge in [-0.2, -0.15) is 0 Å². The van der Waals surface area contributed by atoms with Gasteiger partial charge in [0.1, 0.15) is 12.4 Å². The average molecular weight is 394 g/mol. The molecular weight excluding hydrogens is 372 g/mol. The van der Waals surface area contributed by atoms with Crippen molar-refractivity contribution in [3.8, 4) is 5.75 Å². The predicted octanol–water partition coefficient (Wildman–Crippen LogP) is 3.80. The van der Waals surface area contributed by atoms with E-state index in [1.165, 1.54) is 0 Å². The van der Waals surface area contributed by atoms with Crippen molar-refractivity contribution in [2.24, 2.45) is 0 Å². The fourth-order valence-corrected chi connectivity index (χ4v) is 4.58. The quantitative estimate of drug-likeness (QED) is 0.668. The van der Waals surface area contributed by atoms with Crippen LogP contribution in [0.15, 0.2) is 48.5 Å². The average Bonchev–Trinajstić information content (AvgIpc) is 3.27. The van der Waals surface area contributed by atoms with Gasteiger partial charge in [-0.05, 0) is 31.0 Å². The Bertz CT molecular complexity index is 1010. The summed E-state index contributed by atoms with van der Waals surface area (Å²) in [5, 5.41) is 6.71. The zero-order valence-corrected chi connectivity index (χ0v) is 16.5. The molecule has 2 aromatic carbocycles. The molecule has 0 radical (unpaired) electrons. The lowest BCUT2D eigenvalue weighted by Gasteiger charge is -2.13. The number of thiophene rings is 1. The number of amides is 2. The maximum atomic E-state index is 12.9. The number of aryl methyl sites for hydroxylation is 1. The van der Waals surface area contributed by atoms with Gasteiger partial charge in [0, 0.05) is 34.0 Å². The molecule has 1 aliphatic rings. The Kier molecular flexibility index (Phi) is 5.30. The van der Waals surface area contributed by atoms with Crippen molar-refractivity contribution in [1.29, 1.82) is 0 Å². The third kappa shape index (κ3) is 3.87. The maximum absolute atomic E-state index is 12.9. The van der Waals surface area contributed by atoms with E-state index in [9.17, 15) is 9.59 Å². The van der Waals surface area contributed by atoms with Crippen LogP contribution in [-0.4, -0.2) is 24.4 Å². The number of fused-ring (bicyclic) bond motifs is 1. The van der Waals surface area contributed by atoms with E-state index in [-0.39, 0.29) is 17.9 Å². The van der Waals surface area contributed by atoms with Crippen LogP contribution in [0.4, 0.5) is 0 Å². The van der Waals surface area contributed by atoms with Crippen LogP contribution in [0, 0.1) is 6.92 Å². The van der Waals surface area contributed by atoms with E-state index in [0.29, 0.717) is 30.9 Å². The van der Waals surface area contributed by atoms with E-state index in [1.807, 2.05) is 55.5 Å². The highest BCUT2D eigenvalue weighted by Crippen LogP contribution is 2.37. The predicted molar refractivity (Wildman–Crippen MR) is 111 cm³/mol. The Labute approximate surface area is 167 Å². The Morgan fingerprint density at radius 2 is 2.04 bits per heavy atom. The first-order valence-electron chi connectivity index (χ1n) is 9.38. The van der Waals surface area contributed by atoms with Gasteiger partial charge in [-0.1, -0.05) is 36.4 Å². The summed E-state index contributed by atoms with van der Waals surface area (Å²) < 4.78 is 7.10. The standard InChI is InChI=1S/C22H22N2O3S/c1-14-20(22(26)23-12-16-10-11-19(25)24-16)21-17(8-5-9-18(21)28-14)27-13-15-6-3-2-4-7-15/h2-9,16H,10-13H2,1H3,(H,23,26)(H,24,25). The van der Waals surface area contributed by atoms with Crippen LogP contribution in [0.5, 0.6) is 5.75 Å². The number of hydrogen-bond donors (Lipinski definition) is 2. The Balaban J connectivity index is 1.56. The number of benzene rings is 2. The minimum atomic E-state index is -0.124. The molecule has 5 nitrogen and oxygen atoms in total. The molecular formula is C22H22N2O3S. The highest BCUT2D eigenvalue weighted by atomic mass is 32.1. The van der Waals surface area contributed by atoms with Crippen LogP contribution in [0.1, 0.15) is 33.6 Å². The normalized spacial score (nSPS) is 16.2. The summed E-state index contributed by atoms with van der Waals surface area (Å²) in [6.45, 7) is 2.84. The van der Waals surface area contributed by atoms with Crippen LogP contribution in [0.3, 0.4) is 0 Å². The molecule has 2 N–H and O–H groups in total. The van der Waals surface area contributed by atoms with Crippen molar-refractivity contribution in [1.82, 2.24) is 10.6 Å². The fourth-order valence-electron chi connectivity index (χ4n) is 3.50. The molecule has 2 heterocycles. The van der Waals surface area contributed by atoms with Gasteiger partial charge in [-0.3, -0.25) is 9.59 Å². The molecule has 0 aliphatic carbocycles. The molecule has 4 rings (SSSR count). The van der Waals surface area contributed by atoms with Crippen LogP contribution in [0.25, 0.3) is 10.1 Å². The van der Waals surface area contributed by atoms with E-state index in [2.05, 4.69) is 10.6 Å². The minimum Gasteiger partial charge on any atom is -0.488 e. The molecule has 1 atom stereocenters. The fraction of sp³-hybridized carbons (Fsp3) is 0.273. The summed E-state index contributed by atoms with van der Waals surface area (Å²) in [5.74, 6) is 0.638. The molecule has 2 amide bonds. The summed E-state index contributed by atoms with van der Waals surface area (Å²) in [6.07, 6.45) is 1.28. The number of carbonyl (C=O) groups excluding carboxylic acids is 2. The van der Waals surface area contributed by atoms with Gasteiger partial charge in [0.05, 0.1) is 5.56 Å². The highest BCUT2D eigenvalue weighted by molar-refractivity contribution is 7.19. The van der Waals surface area contributed by atoms with Crippen LogP contribution in [0.2, 0.25) is 0 Å². The Hall–Kier alpha value is -2.86. The van der Waals surface area contributed by atoms with E-state index in [4.69, 9.17) is 4.74 Å². The minimum absolute atomic E-state index is 0.00968. The molecule has 1 saturated heterocycles. The second-order valence-electron chi connectivity index (χ2n) is 6.95. The first-order chi connectivity index (χ1) is 13.6. The van der Waals surface area contributed by atoms with Gasteiger partial charge < -0.3 is 15.4 Å². The number of rotatable bonds is 6. The smallest absolute Gasteiger partial charge is 0.253 e. The summed E-state index contributed by atoms with van der Waals surface area (Å²) in [4.78, 5) is 25.2. The molecule has 0 bridgehead atoms. The van der Waals surface area contributed by atoms with E-state index >= 15 is 0 Å². The largest absolute Gasteiger partial charge is 0.488 e. The maximum Gasteiger partial charge on any atom is 0.253 e. The van der Waals surface area contributed by atoms with Crippen molar-refractivity contribution in [2.75, 3.05) is 6.54 Å². The third-order valence-corrected chi connectivity index (χ3v) is 5.98. The van der Waals surface area contributed by atoms with Gasteiger partial charge in [0.25, 0.3) is 5.91 Å². The molecule has 3 aromatic rings. The highest BCUT2D eigenvalue weighted by Gasteiger charge is 2.24. The van der Waals surface area contributed by atoms with Gasteiger partial charge in [0.15, 0.2) is 0 Å². The zero-order chi connectivity index (χ0) is 19.5.